The summed E-state index contributed by atoms with van der Waals surface area (Å²) in [7, 11) is 0. The Morgan fingerprint density at radius 3 is 2.54 bits per heavy atom. The molecule has 5 heteroatoms. The minimum atomic E-state index is -0.478. The molecule has 2 aromatic carbocycles. The number of aromatic hydroxyl groups is 1. The smallest absolute Gasteiger partial charge is 0.251 e. The van der Waals surface area contributed by atoms with Crippen molar-refractivity contribution in [3.8, 4) is 5.75 Å². The molecule has 3 rings (SSSR count). The van der Waals surface area contributed by atoms with Gasteiger partial charge in [0.2, 0.25) is 5.91 Å². The van der Waals surface area contributed by atoms with Crippen LogP contribution in [0.3, 0.4) is 0 Å². The number of nitrogens with zero attached hydrogens (tertiary/aromatic N) is 1. The van der Waals surface area contributed by atoms with Crippen molar-refractivity contribution in [2.75, 3.05) is 11.4 Å². The van der Waals surface area contributed by atoms with E-state index in [1.807, 2.05) is 37.3 Å². The molecule has 1 fully saturated rings. The summed E-state index contributed by atoms with van der Waals surface area (Å²) >= 11 is 0. The largest absolute Gasteiger partial charge is 0.508 e. The molecule has 0 aliphatic carbocycles. The number of carbonyl (C=O) groups is 2. The zero-order valence-electron chi connectivity index (χ0n) is 13.5. The molecule has 1 saturated heterocycles. The fourth-order valence-corrected chi connectivity index (χ4v) is 2.91. The van der Waals surface area contributed by atoms with Gasteiger partial charge < -0.3 is 10.4 Å². The SMILES string of the molecule is Cc1ccccc1N1C(=O)CC(NCCc2ccc(O)cc2)C1=O. The molecule has 2 aromatic rings. The maximum Gasteiger partial charge on any atom is 0.251 e. The van der Waals surface area contributed by atoms with E-state index < -0.39 is 6.04 Å². The molecule has 5 nitrogen and oxygen atoms in total. The van der Waals surface area contributed by atoms with E-state index in [4.69, 9.17) is 0 Å². The van der Waals surface area contributed by atoms with Crippen LogP contribution in [0, 0.1) is 6.92 Å². The van der Waals surface area contributed by atoms with Crippen molar-refractivity contribution in [2.45, 2.75) is 25.8 Å². The average Bonchev–Trinajstić information content (AvgIpc) is 2.84. The molecule has 0 spiro atoms. The van der Waals surface area contributed by atoms with E-state index in [1.165, 1.54) is 4.90 Å². The molecule has 1 aliphatic rings. The van der Waals surface area contributed by atoms with Crippen molar-refractivity contribution in [1.29, 1.82) is 0 Å². The van der Waals surface area contributed by atoms with Crippen LogP contribution in [0.5, 0.6) is 5.75 Å². The van der Waals surface area contributed by atoms with E-state index >= 15 is 0 Å². The van der Waals surface area contributed by atoms with Crippen LogP contribution < -0.4 is 10.2 Å². The fraction of sp³-hybridized carbons (Fsp3) is 0.263. The van der Waals surface area contributed by atoms with Gasteiger partial charge in [-0.1, -0.05) is 30.3 Å². The normalized spacial score (nSPS) is 17.5. The number of hydrogen-bond acceptors (Lipinski definition) is 4. The van der Waals surface area contributed by atoms with Crippen LogP contribution in [0.4, 0.5) is 5.69 Å². The lowest BCUT2D eigenvalue weighted by atomic mass is 10.1. The Kier molecular flexibility index (Phi) is 4.62. The van der Waals surface area contributed by atoms with Gasteiger partial charge in [0.15, 0.2) is 0 Å². The number of phenolic OH excluding ortho intramolecular Hbond substituents is 1. The Morgan fingerprint density at radius 1 is 1.12 bits per heavy atom. The summed E-state index contributed by atoms with van der Waals surface area (Å²) in [5, 5.41) is 12.4. The van der Waals surface area contributed by atoms with Gasteiger partial charge in [-0.2, -0.15) is 0 Å². The number of nitrogens with one attached hydrogen (secondary N) is 1. The lowest BCUT2D eigenvalue weighted by molar-refractivity contribution is -0.121. The predicted octanol–water partition coefficient (Wildman–Crippen LogP) is 2.16. The number of para-hydroxylation sites is 1. The van der Waals surface area contributed by atoms with Crippen molar-refractivity contribution in [2.24, 2.45) is 0 Å². The van der Waals surface area contributed by atoms with E-state index in [0.29, 0.717) is 12.2 Å². The summed E-state index contributed by atoms with van der Waals surface area (Å²) in [6.07, 6.45) is 0.908. The van der Waals surface area contributed by atoms with E-state index in [2.05, 4.69) is 5.32 Å². The van der Waals surface area contributed by atoms with Crippen LogP contribution in [0.15, 0.2) is 48.5 Å². The van der Waals surface area contributed by atoms with Gasteiger partial charge in [0.25, 0.3) is 5.91 Å². The second-order valence-electron chi connectivity index (χ2n) is 5.98. The Labute approximate surface area is 140 Å². The summed E-state index contributed by atoms with van der Waals surface area (Å²) in [4.78, 5) is 26.1. The highest BCUT2D eigenvalue weighted by Crippen LogP contribution is 2.25. The van der Waals surface area contributed by atoms with Crippen molar-refractivity contribution >= 4 is 17.5 Å². The molecule has 1 unspecified atom stereocenters. The molecule has 124 valence electrons. The van der Waals surface area contributed by atoms with Gasteiger partial charge in [-0.05, 0) is 49.2 Å². The third-order valence-corrected chi connectivity index (χ3v) is 4.24. The molecule has 0 bridgehead atoms. The van der Waals surface area contributed by atoms with Crippen LogP contribution >= 0.6 is 0 Å². The first-order valence-electron chi connectivity index (χ1n) is 8.00. The number of aryl methyl sites for hydroxylation is 1. The quantitative estimate of drug-likeness (QED) is 0.827. The van der Waals surface area contributed by atoms with Crippen LogP contribution in [0.1, 0.15) is 17.5 Å². The first kappa shape index (κ1) is 16.2. The number of amides is 2. The molecule has 1 heterocycles. The highest BCUT2D eigenvalue weighted by atomic mass is 16.3. The van der Waals surface area contributed by atoms with Crippen LogP contribution in [0.2, 0.25) is 0 Å². The molecule has 2 amide bonds. The minimum Gasteiger partial charge on any atom is -0.508 e. The monoisotopic (exact) mass is 324 g/mol. The zero-order valence-corrected chi connectivity index (χ0v) is 13.5. The van der Waals surface area contributed by atoms with Crippen molar-refractivity contribution in [3.63, 3.8) is 0 Å². The molecule has 1 aliphatic heterocycles. The summed E-state index contributed by atoms with van der Waals surface area (Å²) in [5.41, 5.74) is 2.63. The number of rotatable bonds is 5. The second-order valence-corrected chi connectivity index (χ2v) is 5.98. The zero-order chi connectivity index (χ0) is 17.1. The number of imide groups is 1. The third kappa shape index (κ3) is 3.31. The van der Waals surface area contributed by atoms with Crippen molar-refractivity contribution < 1.29 is 14.7 Å². The van der Waals surface area contributed by atoms with Gasteiger partial charge >= 0.3 is 0 Å². The Balaban J connectivity index is 1.62. The summed E-state index contributed by atoms with van der Waals surface area (Å²) in [6, 6.07) is 13.9. The van der Waals surface area contributed by atoms with Crippen LogP contribution in [-0.2, 0) is 16.0 Å². The van der Waals surface area contributed by atoms with E-state index in [1.54, 1.807) is 18.2 Å². The van der Waals surface area contributed by atoms with E-state index in [9.17, 15) is 14.7 Å². The van der Waals surface area contributed by atoms with Gasteiger partial charge in [-0.25, -0.2) is 4.90 Å². The summed E-state index contributed by atoms with van der Waals surface area (Å²) in [5.74, 6) is -0.131. The standard InChI is InChI=1S/C19H20N2O3/c1-13-4-2-3-5-17(13)21-18(23)12-16(19(21)24)20-11-10-14-6-8-15(22)9-7-14/h2-9,16,20,22H,10-12H2,1H3. The predicted molar refractivity (Wildman–Crippen MR) is 91.9 cm³/mol. The topological polar surface area (TPSA) is 69.6 Å². The number of hydrogen-bond donors (Lipinski definition) is 2. The highest BCUT2D eigenvalue weighted by molar-refractivity contribution is 6.22. The highest BCUT2D eigenvalue weighted by Gasteiger charge is 2.39. The lowest BCUT2D eigenvalue weighted by Crippen LogP contribution is -2.39. The number of benzene rings is 2. The summed E-state index contributed by atoms with van der Waals surface area (Å²) in [6.45, 7) is 2.48. The van der Waals surface area contributed by atoms with Crippen LogP contribution in [-0.4, -0.2) is 29.5 Å². The van der Waals surface area contributed by atoms with Gasteiger partial charge in [0.1, 0.15) is 5.75 Å². The van der Waals surface area contributed by atoms with Crippen molar-refractivity contribution in [3.05, 3.63) is 59.7 Å². The lowest BCUT2D eigenvalue weighted by Gasteiger charge is -2.17. The Hall–Kier alpha value is -2.66. The van der Waals surface area contributed by atoms with Gasteiger partial charge in [0, 0.05) is 0 Å². The average molecular weight is 324 g/mol. The molecular weight excluding hydrogens is 304 g/mol. The first-order valence-corrected chi connectivity index (χ1v) is 8.00. The molecule has 0 aromatic heterocycles. The number of anilines is 1. The molecule has 0 radical (unpaired) electrons. The number of carbonyl (C=O) groups excluding carboxylic acids is 2. The van der Waals surface area contributed by atoms with Gasteiger partial charge in [0.05, 0.1) is 18.2 Å². The van der Waals surface area contributed by atoms with Gasteiger partial charge in [-0.15, -0.1) is 0 Å². The van der Waals surface area contributed by atoms with E-state index in [-0.39, 0.29) is 24.0 Å². The molecule has 0 saturated carbocycles. The molecule has 1 atom stereocenters. The third-order valence-electron chi connectivity index (χ3n) is 4.24. The number of phenols is 1. The maximum atomic E-state index is 12.6. The van der Waals surface area contributed by atoms with E-state index in [0.717, 1.165) is 17.5 Å². The van der Waals surface area contributed by atoms with Crippen molar-refractivity contribution in [1.82, 2.24) is 5.32 Å². The minimum absolute atomic E-state index is 0.170. The Bertz CT molecular complexity index is 755. The second kappa shape index (κ2) is 6.84. The molecular formula is C19H20N2O3. The van der Waals surface area contributed by atoms with Gasteiger partial charge in [-0.3, -0.25) is 9.59 Å². The maximum absolute atomic E-state index is 12.6. The fourth-order valence-electron chi connectivity index (χ4n) is 2.91. The summed E-state index contributed by atoms with van der Waals surface area (Å²) < 4.78 is 0. The first-order chi connectivity index (χ1) is 11.6. The van der Waals surface area contributed by atoms with Crippen LogP contribution in [0.25, 0.3) is 0 Å². The molecule has 2 N–H and O–H groups in total. The molecule has 24 heavy (non-hydrogen) atoms. The Morgan fingerprint density at radius 2 is 1.83 bits per heavy atom.